The Morgan fingerprint density at radius 2 is 2.19 bits per heavy atom. The second-order valence-electron chi connectivity index (χ2n) is 4.34. The van der Waals surface area contributed by atoms with Crippen LogP contribution in [0.1, 0.15) is 44.9 Å². The van der Waals surface area contributed by atoms with E-state index in [9.17, 15) is 0 Å². The van der Waals surface area contributed by atoms with Gasteiger partial charge in [-0.25, -0.2) is 0 Å². The summed E-state index contributed by atoms with van der Waals surface area (Å²) < 4.78 is 5.36. The SMILES string of the molecule is CCC1CCCCC1Nc1nnc(CCl)o1. The van der Waals surface area contributed by atoms with E-state index >= 15 is 0 Å². The van der Waals surface area contributed by atoms with Gasteiger partial charge in [-0.05, 0) is 18.8 Å². The summed E-state index contributed by atoms with van der Waals surface area (Å²) in [5.41, 5.74) is 0. The van der Waals surface area contributed by atoms with E-state index in [0.717, 1.165) is 5.92 Å². The standard InChI is InChI=1S/C11H18ClN3O/c1-2-8-5-3-4-6-9(8)13-11-15-14-10(7-12)16-11/h8-9H,2-7H2,1H3,(H,13,15). The van der Waals surface area contributed by atoms with Crippen molar-refractivity contribution in [3.63, 3.8) is 0 Å². The Morgan fingerprint density at radius 3 is 2.88 bits per heavy atom. The van der Waals surface area contributed by atoms with Gasteiger partial charge >= 0.3 is 6.01 Å². The van der Waals surface area contributed by atoms with Gasteiger partial charge in [0, 0.05) is 6.04 Å². The highest BCUT2D eigenvalue weighted by Crippen LogP contribution is 2.29. The first-order valence-corrected chi connectivity index (χ1v) is 6.51. The van der Waals surface area contributed by atoms with E-state index in [0.29, 0.717) is 17.9 Å². The number of anilines is 1. The van der Waals surface area contributed by atoms with Crippen molar-refractivity contribution in [2.45, 2.75) is 50.9 Å². The van der Waals surface area contributed by atoms with E-state index in [-0.39, 0.29) is 5.88 Å². The summed E-state index contributed by atoms with van der Waals surface area (Å²) in [6.45, 7) is 2.24. The molecule has 0 amide bonds. The fraction of sp³-hybridized carbons (Fsp3) is 0.818. The number of halogens is 1. The summed E-state index contributed by atoms with van der Waals surface area (Å²) in [4.78, 5) is 0. The zero-order valence-corrected chi connectivity index (χ0v) is 10.3. The van der Waals surface area contributed by atoms with Crippen molar-refractivity contribution in [1.29, 1.82) is 0 Å². The van der Waals surface area contributed by atoms with Gasteiger partial charge in [0.05, 0.1) is 0 Å². The number of nitrogens with zero attached hydrogens (tertiary/aromatic N) is 2. The van der Waals surface area contributed by atoms with Crippen LogP contribution in [0.3, 0.4) is 0 Å². The summed E-state index contributed by atoms with van der Waals surface area (Å²) in [5.74, 6) is 1.48. The van der Waals surface area contributed by atoms with E-state index in [1.165, 1.54) is 32.1 Å². The fourth-order valence-electron chi connectivity index (χ4n) is 2.41. The molecule has 0 aliphatic heterocycles. The molecule has 1 aliphatic carbocycles. The molecule has 1 N–H and O–H groups in total. The predicted molar refractivity (Wildman–Crippen MR) is 63.5 cm³/mol. The zero-order valence-electron chi connectivity index (χ0n) is 9.58. The Hall–Kier alpha value is -0.770. The van der Waals surface area contributed by atoms with Crippen molar-refractivity contribution in [1.82, 2.24) is 10.2 Å². The molecule has 4 nitrogen and oxygen atoms in total. The minimum absolute atomic E-state index is 0.274. The molecule has 0 aromatic carbocycles. The maximum Gasteiger partial charge on any atom is 0.315 e. The Balaban J connectivity index is 1.96. The van der Waals surface area contributed by atoms with E-state index in [1.807, 2.05) is 0 Å². The third kappa shape index (κ3) is 2.67. The normalized spacial score (nSPS) is 25.6. The number of aromatic nitrogens is 2. The molecule has 2 rings (SSSR count). The summed E-state index contributed by atoms with van der Waals surface area (Å²) in [5, 5.41) is 11.1. The van der Waals surface area contributed by atoms with Gasteiger partial charge in [0.1, 0.15) is 5.88 Å². The first-order chi connectivity index (χ1) is 7.83. The van der Waals surface area contributed by atoms with Gasteiger partial charge in [-0.15, -0.1) is 16.7 Å². The third-order valence-electron chi connectivity index (χ3n) is 3.32. The molecule has 0 saturated heterocycles. The lowest BCUT2D eigenvalue weighted by molar-refractivity contribution is 0.312. The summed E-state index contributed by atoms with van der Waals surface area (Å²) in [6, 6.07) is 0.989. The minimum atomic E-state index is 0.274. The van der Waals surface area contributed by atoms with Crippen LogP contribution < -0.4 is 5.32 Å². The molecule has 90 valence electrons. The molecule has 0 radical (unpaired) electrons. The first kappa shape index (κ1) is 11.7. The van der Waals surface area contributed by atoms with Crippen LogP contribution in [0, 0.1) is 5.92 Å². The van der Waals surface area contributed by atoms with Crippen LogP contribution >= 0.6 is 11.6 Å². The highest BCUT2D eigenvalue weighted by Gasteiger charge is 2.24. The van der Waals surface area contributed by atoms with Gasteiger partial charge in [0.25, 0.3) is 0 Å². The molecule has 5 heteroatoms. The average Bonchev–Trinajstić information content (AvgIpc) is 2.77. The van der Waals surface area contributed by atoms with Gasteiger partial charge in [-0.3, -0.25) is 0 Å². The molecule has 1 heterocycles. The van der Waals surface area contributed by atoms with Crippen molar-refractivity contribution in [3.05, 3.63) is 5.89 Å². The molecule has 1 aromatic heterocycles. The number of rotatable bonds is 4. The summed E-state index contributed by atoms with van der Waals surface area (Å²) >= 11 is 5.61. The molecular weight excluding hydrogens is 226 g/mol. The topological polar surface area (TPSA) is 51.0 Å². The van der Waals surface area contributed by atoms with E-state index in [4.69, 9.17) is 16.0 Å². The maximum absolute atomic E-state index is 5.61. The van der Waals surface area contributed by atoms with Crippen LogP contribution in [0.5, 0.6) is 0 Å². The molecule has 1 aromatic rings. The first-order valence-electron chi connectivity index (χ1n) is 5.98. The minimum Gasteiger partial charge on any atom is -0.407 e. The monoisotopic (exact) mass is 243 g/mol. The number of nitrogens with one attached hydrogen (secondary N) is 1. The number of alkyl halides is 1. The number of hydrogen-bond acceptors (Lipinski definition) is 4. The fourth-order valence-corrected chi connectivity index (χ4v) is 2.52. The summed E-state index contributed by atoms with van der Waals surface area (Å²) in [6.07, 6.45) is 6.31. The van der Waals surface area contributed by atoms with E-state index < -0.39 is 0 Å². The lowest BCUT2D eigenvalue weighted by Crippen LogP contribution is -2.31. The van der Waals surface area contributed by atoms with Gasteiger partial charge < -0.3 is 9.73 Å². The van der Waals surface area contributed by atoms with Crippen molar-refractivity contribution in [2.75, 3.05) is 5.32 Å². The molecule has 1 saturated carbocycles. The van der Waals surface area contributed by atoms with Crippen molar-refractivity contribution in [3.8, 4) is 0 Å². The molecule has 0 bridgehead atoms. The van der Waals surface area contributed by atoms with Crippen molar-refractivity contribution < 1.29 is 4.42 Å². The molecule has 2 atom stereocenters. The van der Waals surface area contributed by atoms with Crippen LogP contribution in [0.4, 0.5) is 6.01 Å². The van der Waals surface area contributed by atoms with Crippen LogP contribution in [0.25, 0.3) is 0 Å². The average molecular weight is 244 g/mol. The second-order valence-corrected chi connectivity index (χ2v) is 4.61. The molecular formula is C11H18ClN3O. The molecule has 0 spiro atoms. The Bertz CT molecular complexity index is 329. The molecule has 1 aliphatic rings. The molecule has 2 unspecified atom stereocenters. The van der Waals surface area contributed by atoms with E-state index in [2.05, 4.69) is 22.4 Å². The lowest BCUT2D eigenvalue weighted by Gasteiger charge is -2.30. The van der Waals surface area contributed by atoms with Gasteiger partial charge in [0.15, 0.2) is 0 Å². The second kappa shape index (κ2) is 5.53. The van der Waals surface area contributed by atoms with Gasteiger partial charge in [-0.1, -0.05) is 31.3 Å². The highest BCUT2D eigenvalue weighted by atomic mass is 35.5. The van der Waals surface area contributed by atoms with Crippen molar-refractivity contribution >= 4 is 17.6 Å². The molecule has 1 fully saturated rings. The van der Waals surface area contributed by atoms with Crippen LogP contribution in [-0.2, 0) is 5.88 Å². The maximum atomic E-state index is 5.61. The van der Waals surface area contributed by atoms with Gasteiger partial charge in [0.2, 0.25) is 5.89 Å². The largest absolute Gasteiger partial charge is 0.407 e. The van der Waals surface area contributed by atoms with Crippen molar-refractivity contribution in [2.24, 2.45) is 5.92 Å². The number of hydrogen-bond donors (Lipinski definition) is 1. The Morgan fingerprint density at radius 1 is 1.38 bits per heavy atom. The van der Waals surface area contributed by atoms with Gasteiger partial charge in [-0.2, -0.15) is 0 Å². The quantitative estimate of drug-likeness (QED) is 0.826. The summed E-state index contributed by atoms with van der Waals surface area (Å²) in [7, 11) is 0. The van der Waals surface area contributed by atoms with Crippen LogP contribution in [-0.4, -0.2) is 16.2 Å². The van der Waals surface area contributed by atoms with Crippen LogP contribution in [0.15, 0.2) is 4.42 Å². The third-order valence-corrected chi connectivity index (χ3v) is 3.55. The zero-order chi connectivity index (χ0) is 11.4. The Kier molecular flexibility index (Phi) is 4.04. The highest BCUT2D eigenvalue weighted by molar-refractivity contribution is 6.16. The lowest BCUT2D eigenvalue weighted by atomic mass is 9.83. The van der Waals surface area contributed by atoms with E-state index in [1.54, 1.807) is 0 Å². The van der Waals surface area contributed by atoms with Crippen LogP contribution in [0.2, 0.25) is 0 Å². The smallest absolute Gasteiger partial charge is 0.315 e. The Labute approximate surface area is 101 Å². The molecule has 16 heavy (non-hydrogen) atoms. The predicted octanol–water partition coefficient (Wildman–Crippen LogP) is 3.19.